The van der Waals surface area contributed by atoms with Gasteiger partial charge in [-0.1, -0.05) is 27.7 Å². The van der Waals surface area contributed by atoms with Gasteiger partial charge in [-0.25, -0.2) is 0 Å². The van der Waals surface area contributed by atoms with Crippen LogP contribution >= 0.6 is 0 Å². The normalized spacial score (nSPS) is 22.5. The summed E-state index contributed by atoms with van der Waals surface area (Å²) in [5, 5.41) is 11.6. The van der Waals surface area contributed by atoms with Crippen LogP contribution in [0.4, 0.5) is 11.4 Å². The smallest absolute Gasteiger partial charge is 0.310 e. The molecule has 1 aliphatic heterocycles. The minimum absolute atomic E-state index is 0.0283. The SMILES string of the molecule is C[C@H]1CN(c2ccncc2[N+](=O)[O-])C[C@@H](CC(=O)OC(C)(C)C)[C@@H]1O[Si](C)(C)C(C)(C)C. The van der Waals surface area contributed by atoms with Crippen LogP contribution in [-0.2, 0) is 14.0 Å². The summed E-state index contributed by atoms with van der Waals surface area (Å²) in [5.74, 6) is -0.335. The number of nitro groups is 1. The molecule has 0 aliphatic carbocycles. The molecule has 3 atom stereocenters. The van der Waals surface area contributed by atoms with Crippen LogP contribution in [0.5, 0.6) is 0 Å². The highest BCUT2D eigenvalue weighted by Gasteiger charge is 2.45. The molecule has 2 rings (SSSR count). The van der Waals surface area contributed by atoms with Crippen molar-refractivity contribution < 1.29 is 18.9 Å². The van der Waals surface area contributed by atoms with Crippen molar-refractivity contribution in [3.8, 4) is 0 Å². The Bertz CT molecular complexity index is 832. The lowest BCUT2D eigenvalue weighted by atomic mass is 9.84. The first-order valence-corrected chi connectivity index (χ1v) is 14.2. The molecule has 0 radical (unpaired) electrons. The number of piperidine rings is 1. The number of carbonyl (C=O) groups is 1. The molecule has 0 saturated carbocycles. The maximum atomic E-state index is 12.8. The fraction of sp³-hybridized carbons (Fsp3) is 0.739. The van der Waals surface area contributed by atoms with E-state index in [9.17, 15) is 14.9 Å². The van der Waals surface area contributed by atoms with Crippen molar-refractivity contribution in [2.75, 3.05) is 18.0 Å². The van der Waals surface area contributed by atoms with E-state index in [2.05, 4.69) is 45.8 Å². The summed E-state index contributed by atoms with van der Waals surface area (Å²) >= 11 is 0. The maximum absolute atomic E-state index is 12.8. The van der Waals surface area contributed by atoms with E-state index >= 15 is 0 Å². The first-order chi connectivity index (χ1) is 14.5. The molecule has 180 valence electrons. The van der Waals surface area contributed by atoms with Gasteiger partial charge in [-0.15, -0.1) is 0 Å². The average Bonchev–Trinajstić information content (AvgIpc) is 2.61. The third-order valence-electron chi connectivity index (χ3n) is 6.39. The summed E-state index contributed by atoms with van der Waals surface area (Å²) in [6.07, 6.45) is 2.92. The van der Waals surface area contributed by atoms with E-state index in [0.29, 0.717) is 18.8 Å². The number of ether oxygens (including phenoxy) is 1. The van der Waals surface area contributed by atoms with Gasteiger partial charge < -0.3 is 14.1 Å². The Morgan fingerprint density at radius 2 is 1.88 bits per heavy atom. The molecule has 1 aliphatic rings. The molecular weight excluding hydrogens is 426 g/mol. The predicted octanol–water partition coefficient (Wildman–Crippen LogP) is 5.18. The van der Waals surface area contributed by atoms with Gasteiger partial charge in [-0.3, -0.25) is 19.9 Å². The predicted molar refractivity (Wildman–Crippen MR) is 128 cm³/mol. The van der Waals surface area contributed by atoms with Crippen LogP contribution in [-0.4, -0.2) is 49.0 Å². The highest BCUT2D eigenvalue weighted by molar-refractivity contribution is 6.74. The summed E-state index contributed by atoms with van der Waals surface area (Å²) in [5.41, 5.74) is -0.0761. The fourth-order valence-electron chi connectivity index (χ4n) is 3.87. The minimum atomic E-state index is -2.09. The molecule has 1 fully saturated rings. The van der Waals surface area contributed by atoms with Crippen LogP contribution in [0.25, 0.3) is 0 Å². The summed E-state index contributed by atoms with van der Waals surface area (Å²) in [4.78, 5) is 29.8. The molecule has 0 spiro atoms. The van der Waals surface area contributed by atoms with Crippen molar-refractivity contribution in [3.05, 3.63) is 28.6 Å². The number of pyridine rings is 1. The highest BCUT2D eigenvalue weighted by atomic mass is 28.4. The third kappa shape index (κ3) is 6.51. The number of nitrogens with zero attached hydrogens (tertiary/aromatic N) is 3. The zero-order valence-corrected chi connectivity index (χ0v) is 22.0. The molecule has 9 heteroatoms. The van der Waals surface area contributed by atoms with Gasteiger partial charge in [0.05, 0.1) is 17.4 Å². The van der Waals surface area contributed by atoms with Crippen LogP contribution in [0.15, 0.2) is 18.5 Å². The monoisotopic (exact) mass is 465 g/mol. The molecule has 2 heterocycles. The van der Waals surface area contributed by atoms with Crippen LogP contribution in [0.2, 0.25) is 18.1 Å². The molecule has 1 saturated heterocycles. The van der Waals surface area contributed by atoms with Gasteiger partial charge in [0, 0.05) is 25.2 Å². The Hall–Kier alpha value is -2.00. The van der Waals surface area contributed by atoms with Crippen LogP contribution in [0, 0.1) is 22.0 Å². The van der Waals surface area contributed by atoms with Gasteiger partial charge in [0.25, 0.3) is 0 Å². The van der Waals surface area contributed by atoms with E-state index < -0.39 is 18.8 Å². The van der Waals surface area contributed by atoms with Crippen molar-refractivity contribution in [1.29, 1.82) is 0 Å². The number of rotatable bonds is 6. The lowest BCUT2D eigenvalue weighted by Gasteiger charge is -2.48. The average molecular weight is 466 g/mol. The van der Waals surface area contributed by atoms with Crippen molar-refractivity contribution in [3.63, 3.8) is 0 Å². The molecule has 0 bridgehead atoms. The Labute approximate surface area is 193 Å². The van der Waals surface area contributed by atoms with Crippen molar-refractivity contribution in [2.45, 2.75) is 84.7 Å². The topological polar surface area (TPSA) is 94.8 Å². The number of esters is 1. The van der Waals surface area contributed by atoms with Crippen LogP contribution in [0.1, 0.15) is 54.9 Å². The Kier molecular flexibility index (Phi) is 7.77. The molecule has 0 N–H and O–H groups in total. The molecule has 1 aromatic heterocycles. The first-order valence-electron chi connectivity index (χ1n) is 11.2. The van der Waals surface area contributed by atoms with Gasteiger partial charge in [0.15, 0.2) is 8.32 Å². The van der Waals surface area contributed by atoms with E-state index in [1.807, 2.05) is 25.7 Å². The lowest BCUT2D eigenvalue weighted by Crippen LogP contribution is -2.55. The second-order valence-electron chi connectivity index (χ2n) is 11.4. The van der Waals surface area contributed by atoms with Crippen molar-refractivity contribution in [1.82, 2.24) is 4.98 Å². The zero-order chi connectivity index (χ0) is 24.5. The van der Waals surface area contributed by atoms with Gasteiger partial charge in [0.2, 0.25) is 0 Å². The third-order valence-corrected chi connectivity index (χ3v) is 10.9. The van der Waals surface area contributed by atoms with E-state index in [-0.39, 0.29) is 41.1 Å². The van der Waals surface area contributed by atoms with Gasteiger partial charge in [0.1, 0.15) is 17.5 Å². The fourth-order valence-corrected chi connectivity index (χ4v) is 5.33. The van der Waals surface area contributed by atoms with Crippen molar-refractivity contribution >= 4 is 25.7 Å². The van der Waals surface area contributed by atoms with Gasteiger partial charge in [-0.2, -0.15) is 0 Å². The summed E-state index contributed by atoms with van der Waals surface area (Å²) in [7, 11) is -2.09. The lowest BCUT2D eigenvalue weighted by molar-refractivity contribution is -0.384. The Morgan fingerprint density at radius 3 is 2.41 bits per heavy atom. The summed E-state index contributed by atoms with van der Waals surface area (Å²) in [6.45, 7) is 19.8. The van der Waals surface area contributed by atoms with Crippen LogP contribution < -0.4 is 4.90 Å². The first kappa shape index (κ1) is 26.3. The van der Waals surface area contributed by atoms with E-state index in [4.69, 9.17) is 9.16 Å². The number of aromatic nitrogens is 1. The van der Waals surface area contributed by atoms with E-state index in [1.165, 1.54) is 6.20 Å². The summed E-state index contributed by atoms with van der Waals surface area (Å²) < 4.78 is 12.4. The maximum Gasteiger partial charge on any atom is 0.310 e. The second kappa shape index (κ2) is 9.47. The Balaban J connectivity index is 2.37. The van der Waals surface area contributed by atoms with Crippen molar-refractivity contribution in [2.24, 2.45) is 11.8 Å². The number of hydrogen-bond acceptors (Lipinski definition) is 7. The van der Waals surface area contributed by atoms with Gasteiger partial charge in [-0.05, 0) is 50.9 Å². The molecule has 0 aromatic carbocycles. The second-order valence-corrected chi connectivity index (χ2v) is 16.2. The molecule has 32 heavy (non-hydrogen) atoms. The van der Waals surface area contributed by atoms with E-state index in [0.717, 1.165) is 0 Å². The zero-order valence-electron chi connectivity index (χ0n) is 21.0. The number of anilines is 1. The Morgan fingerprint density at radius 1 is 1.25 bits per heavy atom. The summed E-state index contributed by atoms with van der Waals surface area (Å²) in [6, 6.07) is 1.67. The van der Waals surface area contributed by atoms with Gasteiger partial charge >= 0.3 is 11.7 Å². The molecular formula is C23H39N3O5Si. The number of carbonyl (C=O) groups excluding carboxylic acids is 1. The largest absolute Gasteiger partial charge is 0.460 e. The quantitative estimate of drug-likeness (QED) is 0.247. The molecule has 0 unspecified atom stereocenters. The molecule has 0 amide bonds. The number of hydrogen-bond donors (Lipinski definition) is 0. The minimum Gasteiger partial charge on any atom is -0.460 e. The standard InChI is InChI=1S/C23H39N3O5Si/c1-16-14-25(18-10-11-24-13-19(18)26(28)29)15-17(12-20(27)30-22(2,3)4)21(16)31-32(8,9)23(5,6)7/h10-11,13,16-17,21H,12,14-15H2,1-9H3/t16-,17+,21+/m0/s1. The highest BCUT2D eigenvalue weighted by Crippen LogP contribution is 2.42. The van der Waals surface area contributed by atoms with E-state index in [1.54, 1.807) is 12.3 Å². The molecule has 8 nitrogen and oxygen atoms in total. The van der Waals surface area contributed by atoms with Crippen LogP contribution in [0.3, 0.4) is 0 Å². The molecule has 1 aromatic rings.